The summed E-state index contributed by atoms with van der Waals surface area (Å²) in [5.41, 5.74) is 3.02. The molecule has 3 fully saturated rings. The molecule has 0 unspecified atom stereocenters. The van der Waals surface area contributed by atoms with Gasteiger partial charge in [-0.05, 0) is 97.0 Å². The molecule has 4 aromatic rings. The SMILES string of the molecule is CCc1ccc(N2C(=O)[C@H]3[C@H](CC=C4[C@H]3C[C@H]3C(=O)N(Nc5ccc(Cl)cc5Cl)C(=O)[C@@]3(c3ccc(OC)cc3)[C@H]4c3cc(OC(F)(F)F)ccc3O)C2=O)cc1. The van der Waals surface area contributed by atoms with Gasteiger partial charge in [0.1, 0.15) is 17.2 Å². The highest BCUT2D eigenvalue weighted by Crippen LogP contribution is 2.65. The number of nitrogens with zero attached hydrogens (tertiary/aromatic N) is 2. The third kappa shape index (κ3) is 6.18. The van der Waals surface area contributed by atoms with Gasteiger partial charge in [0.2, 0.25) is 11.8 Å². The number of hydrazine groups is 1. The van der Waals surface area contributed by atoms with Gasteiger partial charge in [0.15, 0.2) is 0 Å². The molecular weight excluding hydrogens is 786 g/mol. The normalized spacial score (nSPS) is 25.5. The number of phenols is 1. The average molecular weight is 821 g/mol. The number of amides is 4. The molecule has 57 heavy (non-hydrogen) atoms. The zero-order valence-corrected chi connectivity index (χ0v) is 31.9. The lowest BCUT2D eigenvalue weighted by atomic mass is 9.49. The fourth-order valence-corrected chi connectivity index (χ4v) is 9.73. The van der Waals surface area contributed by atoms with Crippen molar-refractivity contribution < 1.29 is 46.9 Å². The van der Waals surface area contributed by atoms with E-state index in [2.05, 4.69) is 10.2 Å². The molecule has 10 nitrogen and oxygen atoms in total. The van der Waals surface area contributed by atoms with E-state index in [-0.39, 0.29) is 34.7 Å². The molecule has 8 rings (SSSR count). The number of imide groups is 2. The molecule has 0 spiro atoms. The number of methoxy groups -OCH3 is 1. The molecule has 0 aromatic heterocycles. The predicted octanol–water partition coefficient (Wildman–Crippen LogP) is 8.36. The van der Waals surface area contributed by atoms with Gasteiger partial charge >= 0.3 is 6.36 Å². The van der Waals surface area contributed by atoms with Crippen LogP contribution < -0.4 is 19.8 Å². The lowest BCUT2D eigenvalue weighted by Crippen LogP contribution is -2.53. The Hall–Kier alpha value is -5.53. The molecule has 4 aliphatic rings. The number of aromatic hydroxyl groups is 1. The van der Waals surface area contributed by atoms with Crippen LogP contribution in [0.4, 0.5) is 24.5 Å². The lowest BCUT2D eigenvalue weighted by Gasteiger charge is -2.50. The molecule has 2 saturated heterocycles. The van der Waals surface area contributed by atoms with Crippen molar-refractivity contribution >= 4 is 58.2 Å². The number of alkyl halides is 3. The molecule has 0 bridgehead atoms. The summed E-state index contributed by atoms with van der Waals surface area (Å²) in [5, 5.41) is 12.8. The quantitative estimate of drug-likeness (QED) is 0.134. The van der Waals surface area contributed by atoms with E-state index in [4.69, 9.17) is 27.9 Å². The minimum atomic E-state index is -5.11. The first kappa shape index (κ1) is 38.3. The van der Waals surface area contributed by atoms with Crippen LogP contribution in [-0.2, 0) is 31.0 Å². The molecule has 4 amide bonds. The monoisotopic (exact) mass is 819 g/mol. The van der Waals surface area contributed by atoms with Crippen LogP contribution in [0.5, 0.6) is 17.2 Å². The highest BCUT2D eigenvalue weighted by molar-refractivity contribution is 6.36. The summed E-state index contributed by atoms with van der Waals surface area (Å²) in [6, 6.07) is 20.8. The molecule has 6 atom stereocenters. The van der Waals surface area contributed by atoms with Gasteiger partial charge in [-0.1, -0.05) is 66.0 Å². The Morgan fingerprint density at radius 2 is 1.58 bits per heavy atom. The van der Waals surface area contributed by atoms with Crippen LogP contribution >= 0.6 is 23.2 Å². The first-order valence-corrected chi connectivity index (χ1v) is 18.9. The maximum absolute atomic E-state index is 15.4. The van der Waals surface area contributed by atoms with E-state index in [9.17, 15) is 32.7 Å². The van der Waals surface area contributed by atoms with Crippen LogP contribution in [0.15, 0.2) is 96.6 Å². The Balaban J connectivity index is 1.34. The van der Waals surface area contributed by atoms with Crippen LogP contribution in [0.1, 0.15) is 42.4 Å². The number of aryl methyl sites for hydroxylation is 1. The standard InChI is InChI=1S/C42H34Cl2F3N3O7/c1-3-21-4-9-24(10-5-21)49-37(52)28-15-14-27-29(35(28)39(49)54)20-31-38(53)50(48-33-16-8-23(43)18-32(33)44)40(55)41(31,22-6-11-25(56-2)12-7-22)36(27)30-19-26(13-17-34(30)51)57-42(45,46)47/h4-14,16-19,28-29,31,35-36,48,51H,3,15,20H2,1-2H3/t28-,29+,31-,35-,36+,41+/m0/s1. The van der Waals surface area contributed by atoms with Gasteiger partial charge in [-0.15, -0.1) is 13.2 Å². The lowest BCUT2D eigenvalue weighted by molar-refractivity contribution is -0.274. The Kier molecular flexibility index (Phi) is 9.51. The Bertz CT molecular complexity index is 2350. The van der Waals surface area contributed by atoms with Gasteiger partial charge in [-0.3, -0.25) is 29.5 Å². The average Bonchev–Trinajstić information content (AvgIpc) is 3.56. The van der Waals surface area contributed by atoms with Crippen LogP contribution in [-0.4, -0.2) is 47.2 Å². The second-order valence-corrected chi connectivity index (χ2v) is 15.4. The van der Waals surface area contributed by atoms with Gasteiger partial charge in [0, 0.05) is 16.5 Å². The summed E-state index contributed by atoms with van der Waals surface area (Å²) < 4.78 is 50.7. The molecule has 0 radical (unpaired) electrons. The summed E-state index contributed by atoms with van der Waals surface area (Å²) in [7, 11) is 1.45. The molecule has 2 N–H and O–H groups in total. The number of benzene rings is 4. The summed E-state index contributed by atoms with van der Waals surface area (Å²) in [5.74, 6) is -8.50. The molecular formula is C42H34Cl2F3N3O7. The molecule has 15 heteroatoms. The Labute approximate surface area is 334 Å². The van der Waals surface area contributed by atoms with E-state index in [1.54, 1.807) is 42.5 Å². The van der Waals surface area contributed by atoms with E-state index >= 15 is 4.79 Å². The molecule has 1 saturated carbocycles. The molecule has 2 aliphatic carbocycles. The second kappa shape index (κ2) is 14.1. The Morgan fingerprint density at radius 1 is 0.877 bits per heavy atom. The smallest absolute Gasteiger partial charge is 0.508 e. The number of carbonyl (C=O) groups excluding carboxylic acids is 4. The number of halogens is 5. The van der Waals surface area contributed by atoms with E-state index in [1.165, 1.54) is 25.3 Å². The van der Waals surface area contributed by atoms with Gasteiger partial charge in [-0.2, -0.15) is 5.01 Å². The summed E-state index contributed by atoms with van der Waals surface area (Å²) in [6.07, 6.45) is -2.69. The van der Waals surface area contributed by atoms with Crippen molar-refractivity contribution in [1.29, 1.82) is 0 Å². The number of anilines is 2. The fourth-order valence-electron chi connectivity index (χ4n) is 9.28. The van der Waals surface area contributed by atoms with Crippen molar-refractivity contribution in [2.24, 2.45) is 23.7 Å². The number of nitrogens with one attached hydrogen (secondary N) is 1. The van der Waals surface area contributed by atoms with Crippen molar-refractivity contribution in [2.45, 2.75) is 43.9 Å². The number of rotatable bonds is 8. The van der Waals surface area contributed by atoms with Crippen LogP contribution in [0, 0.1) is 23.7 Å². The highest BCUT2D eigenvalue weighted by Gasteiger charge is 2.70. The van der Waals surface area contributed by atoms with Gasteiger partial charge in [0.25, 0.3) is 11.8 Å². The zero-order chi connectivity index (χ0) is 40.6. The summed E-state index contributed by atoms with van der Waals surface area (Å²) >= 11 is 12.6. The molecule has 2 aliphatic heterocycles. The minimum absolute atomic E-state index is 0.0501. The topological polar surface area (TPSA) is 125 Å². The maximum atomic E-state index is 15.4. The molecule has 294 valence electrons. The maximum Gasteiger partial charge on any atom is 0.573 e. The van der Waals surface area contributed by atoms with Crippen molar-refractivity contribution in [3.05, 3.63) is 123 Å². The van der Waals surface area contributed by atoms with Crippen LogP contribution in [0.2, 0.25) is 10.0 Å². The third-order valence-corrected chi connectivity index (χ3v) is 12.3. The summed E-state index contributed by atoms with van der Waals surface area (Å²) in [4.78, 5) is 60.2. The number of allylic oxidation sites excluding steroid dienone is 2. The van der Waals surface area contributed by atoms with Gasteiger partial charge < -0.3 is 14.6 Å². The predicted molar refractivity (Wildman–Crippen MR) is 204 cm³/mol. The van der Waals surface area contributed by atoms with E-state index in [0.717, 1.165) is 40.1 Å². The fraction of sp³-hybridized carbons (Fsp3) is 0.286. The molecule has 4 aromatic carbocycles. The number of ether oxygens (including phenoxy) is 2. The largest absolute Gasteiger partial charge is 0.573 e. The number of hydrogen-bond acceptors (Lipinski definition) is 8. The van der Waals surface area contributed by atoms with E-state index in [0.29, 0.717) is 22.0 Å². The van der Waals surface area contributed by atoms with Crippen molar-refractivity contribution in [1.82, 2.24) is 5.01 Å². The van der Waals surface area contributed by atoms with E-state index < -0.39 is 76.5 Å². The van der Waals surface area contributed by atoms with Gasteiger partial charge in [-0.25, -0.2) is 0 Å². The number of fused-ring (bicyclic) bond motifs is 4. The Morgan fingerprint density at radius 3 is 2.23 bits per heavy atom. The van der Waals surface area contributed by atoms with Crippen molar-refractivity contribution in [3.8, 4) is 17.2 Å². The zero-order valence-electron chi connectivity index (χ0n) is 30.3. The first-order valence-electron chi connectivity index (χ1n) is 18.2. The minimum Gasteiger partial charge on any atom is -0.508 e. The van der Waals surface area contributed by atoms with Gasteiger partial charge in [0.05, 0.1) is 46.7 Å². The third-order valence-electron chi connectivity index (χ3n) is 11.7. The second-order valence-electron chi connectivity index (χ2n) is 14.5. The number of phenolic OH excluding ortho intramolecular Hbond substituents is 1. The summed E-state index contributed by atoms with van der Waals surface area (Å²) in [6.45, 7) is 1.98. The number of carbonyl (C=O) groups is 4. The highest BCUT2D eigenvalue weighted by atomic mass is 35.5. The van der Waals surface area contributed by atoms with E-state index in [1.807, 2.05) is 19.1 Å². The van der Waals surface area contributed by atoms with Crippen molar-refractivity contribution in [3.63, 3.8) is 0 Å². The van der Waals surface area contributed by atoms with Crippen molar-refractivity contribution in [2.75, 3.05) is 17.4 Å². The number of hydrogen-bond donors (Lipinski definition) is 2. The van der Waals surface area contributed by atoms with Crippen LogP contribution in [0.3, 0.4) is 0 Å². The van der Waals surface area contributed by atoms with Crippen LogP contribution in [0.25, 0.3) is 0 Å². The first-order chi connectivity index (χ1) is 27.2. The molecule has 2 heterocycles.